The summed E-state index contributed by atoms with van der Waals surface area (Å²) in [5.74, 6) is -0.197. The summed E-state index contributed by atoms with van der Waals surface area (Å²) in [5.41, 5.74) is 13.0. The van der Waals surface area contributed by atoms with Crippen LogP contribution < -0.4 is 10.6 Å². The van der Waals surface area contributed by atoms with E-state index in [1.807, 2.05) is 24.3 Å². The van der Waals surface area contributed by atoms with E-state index in [2.05, 4.69) is 42.2 Å². The first kappa shape index (κ1) is 16.6. The van der Waals surface area contributed by atoms with Gasteiger partial charge in [0.15, 0.2) is 0 Å². The summed E-state index contributed by atoms with van der Waals surface area (Å²) in [7, 11) is 0. The van der Waals surface area contributed by atoms with E-state index in [0.717, 1.165) is 30.8 Å². The number of fused-ring (bicyclic) bond motifs is 1. The normalized spacial score (nSPS) is 16.4. The van der Waals surface area contributed by atoms with Crippen molar-refractivity contribution in [1.82, 2.24) is 0 Å². The zero-order chi connectivity index (χ0) is 18.1. The molecule has 2 nitrogen and oxygen atoms in total. The second-order valence-electron chi connectivity index (χ2n) is 7.08. The number of halogens is 1. The second-order valence-corrected chi connectivity index (χ2v) is 7.08. The standard InChI is InChI=1S/C23H23FN2/c1-16-2-11-22-18(14-16)12-13-26(21-9-5-19(24)6-10-21)23(22)15-17-3-7-20(25)8-4-17/h2-11,14,23H,12-13,15,25H2,1H3. The fourth-order valence-corrected chi connectivity index (χ4v) is 3.88. The van der Waals surface area contributed by atoms with Crippen molar-refractivity contribution in [2.75, 3.05) is 17.2 Å². The SMILES string of the molecule is Cc1ccc2c(c1)CCN(c1ccc(F)cc1)C2Cc1ccc(N)cc1. The first-order valence-corrected chi connectivity index (χ1v) is 9.06. The Labute approximate surface area is 154 Å². The zero-order valence-corrected chi connectivity index (χ0v) is 15.0. The summed E-state index contributed by atoms with van der Waals surface area (Å²) in [6, 6.07) is 21.9. The largest absolute Gasteiger partial charge is 0.399 e. The van der Waals surface area contributed by atoms with E-state index < -0.39 is 0 Å². The summed E-state index contributed by atoms with van der Waals surface area (Å²) >= 11 is 0. The van der Waals surface area contributed by atoms with Gasteiger partial charge in [-0.2, -0.15) is 0 Å². The molecule has 1 heterocycles. The third kappa shape index (κ3) is 3.30. The molecular weight excluding hydrogens is 323 g/mol. The number of nitrogens with two attached hydrogens (primary N) is 1. The van der Waals surface area contributed by atoms with Crippen molar-refractivity contribution >= 4 is 11.4 Å². The van der Waals surface area contributed by atoms with Gasteiger partial charge in [0.05, 0.1) is 6.04 Å². The lowest BCUT2D eigenvalue weighted by atomic mass is 9.87. The van der Waals surface area contributed by atoms with Crippen molar-refractivity contribution in [3.63, 3.8) is 0 Å². The average molecular weight is 346 g/mol. The molecule has 0 fully saturated rings. The third-order valence-corrected chi connectivity index (χ3v) is 5.22. The van der Waals surface area contributed by atoms with E-state index in [1.165, 1.54) is 22.3 Å². The number of anilines is 2. The van der Waals surface area contributed by atoms with Crippen LogP contribution in [-0.2, 0) is 12.8 Å². The van der Waals surface area contributed by atoms with Crippen molar-refractivity contribution in [1.29, 1.82) is 0 Å². The Morgan fingerprint density at radius 3 is 2.46 bits per heavy atom. The highest BCUT2D eigenvalue weighted by molar-refractivity contribution is 5.53. The van der Waals surface area contributed by atoms with E-state index in [0.29, 0.717) is 0 Å². The fraction of sp³-hybridized carbons (Fsp3) is 0.217. The van der Waals surface area contributed by atoms with Crippen molar-refractivity contribution in [3.8, 4) is 0 Å². The molecule has 3 aromatic rings. The molecule has 0 radical (unpaired) electrons. The molecule has 1 atom stereocenters. The molecule has 0 saturated heterocycles. The summed E-state index contributed by atoms with van der Waals surface area (Å²) in [4.78, 5) is 2.40. The lowest BCUT2D eigenvalue weighted by molar-refractivity contribution is 0.577. The van der Waals surface area contributed by atoms with Gasteiger partial charge in [0.2, 0.25) is 0 Å². The molecule has 1 aliphatic heterocycles. The monoisotopic (exact) mass is 346 g/mol. The van der Waals surface area contributed by atoms with Gasteiger partial charge in [-0.15, -0.1) is 0 Å². The summed E-state index contributed by atoms with van der Waals surface area (Å²) in [6.45, 7) is 3.07. The molecule has 0 aromatic heterocycles. The minimum Gasteiger partial charge on any atom is -0.399 e. The summed E-state index contributed by atoms with van der Waals surface area (Å²) < 4.78 is 13.4. The molecule has 1 aliphatic rings. The van der Waals surface area contributed by atoms with Crippen LogP contribution in [0.2, 0.25) is 0 Å². The van der Waals surface area contributed by atoms with Crippen molar-refractivity contribution in [2.24, 2.45) is 0 Å². The van der Waals surface area contributed by atoms with E-state index in [9.17, 15) is 4.39 Å². The van der Waals surface area contributed by atoms with Crippen molar-refractivity contribution < 1.29 is 4.39 Å². The van der Waals surface area contributed by atoms with E-state index >= 15 is 0 Å². The van der Waals surface area contributed by atoms with E-state index in [-0.39, 0.29) is 11.9 Å². The zero-order valence-electron chi connectivity index (χ0n) is 15.0. The van der Waals surface area contributed by atoms with Gasteiger partial charge in [0.1, 0.15) is 5.82 Å². The van der Waals surface area contributed by atoms with Gasteiger partial charge in [-0.3, -0.25) is 0 Å². The Bertz CT molecular complexity index is 900. The molecule has 4 rings (SSSR count). The van der Waals surface area contributed by atoms with Gasteiger partial charge in [-0.1, -0.05) is 35.9 Å². The average Bonchev–Trinajstić information content (AvgIpc) is 2.64. The second kappa shape index (κ2) is 6.83. The third-order valence-electron chi connectivity index (χ3n) is 5.22. The summed E-state index contributed by atoms with van der Waals surface area (Å²) in [5, 5.41) is 0. The van der Waals surface area contributed by atoms with Crippen LogP contribution in [0.3, 0.4) is 0 Å². The van der Waals surface area contributed by atoms with Crippen LogP contribution in [0.15, 0.2) is 66.7 Å². The highest BCUT2D eigenvalue weighted by Gasteiger charge is 2.27. The molecular formula is C23H23FN2. The molecule has 0 bridgehead atoms. The number of benzene rings is 3. The highest BCUT2D eigenvalue weighted by atomic mass is 19.1. The Balaban J connectivity index is 1.74. The van der Waals surface area contributed by atoms with Crippen LogP contribution in [0, 0.1) is 12.7 Å². The minimum absolute atomic E-state index is 0.197. The minimum atomic E-state index is -0.197. The predicted molar refractivity (Wildman–Crippen MR) is 106 cm³/mol. The Hall–Kier alpha value is -2.81. The van der Waals surface area contributed by atoms with Crippen LogP contribution >= 0.6 is 0 Å². The number of nitrogens with zero attached hydrogens (tertiary/aromatic N) is 1. The number of aryl methyl sites for hydroxylation is 1. The summed E-state index contributed by atoms with van der Waals surface area (Å²) in [6.07, 6.45) is 1.90. The van der Waals surface area contributed by atoms with Gasteiger partial charge in [0.25, 0.3) is 0 Å². The topological polar surface area (TPSA) is 29.3 Å². The molecule has 0 saturated carbocycles. The number of nitrogen functional groups attached to an aromatic ring is 1. The molecule has 132 valence electrons. The van der Waals surface area contributed by atoms with Crippen LogP contribution in [-0.4, -0.2) is 6.54 Å². The van der Waals surface area contributed by atoms with Crippen molar-refractivity contribution in [2.45, 2.75) is 25.8 Å². The predicted octanol–water partition coefficient (Wildman–Crippen LogP) is 5.06. The molecule has 0 aliphatic carbocycles. The number of rotatable bonds is 3. The fourth-order valence-electron chi connectivity index (χ4n) is 3.88. The van der Waals surface area contributed by atoms with E-state index in [4.69, 9.17) is 5.73 Å². The first-order chi connectivity index (χ1) is 12.6. The Morgan fingerprint density at radius 2 is 1.73 bits per heavy atom. The molecule has 0 amide bonds. The molecule has 1 unspecified atom stereocenters. The van der Waals surface area contributed by atoms with Crippen LogP contribution in [0.1, 0.15) is 28.3 Å². The molecule has 0 spiro atoms. The van der Waals surface area contributed by atoms with Gasteiger partial charge in [-0.25, -0.2) is 4.39 Å². The van der Waals surface area contributed by atoms with Gasteiger partial charge in [-0.05, 0) is 72.9 Å². The van der Waals surface area contributed by atoms with Crippen LogP contribution in [0.4, 0.5) is 15.8 Å². The maximum Gasteiger partial charge on any atom is 0.123 e. The van der Waals surface area contributed by atoms with Gasteiger partial charge in [0, 0.05) is 17.9 Å². The molecule has 3 aromatic carbocycles. The Kier molecular flexibility index (Phi) is 4.37. The molecule has 2 N–H and O–H groups in total. The quantitative estimate of drug-likeness (QED) is 0.672. The maximum atomic E-state index is 13.4. The molecule has 3 heteroatoms. The van der Waals surface area contributed by atoms with Gasteiger partial charge < -0.3 is 10.6 Å². The first-order valence-electron chi connectivity index (χ1n) is 9.06. The van der Waals surface area contributed by atoms with Crippen molar-refractivity contribution in [3.05, 3.63) is 94.8 Å². The van der Waals surface area contributed by atoms with E-state index in [1.54, 1.807) is 12.1 Å². The smallest absolute Gasteiger partial charge is 0.123 e. The Morgan fingerprint density at radius 1 is 1.00 bits per heavy atom. The van der Waals surface area contributed by atoms with Crippen LogP contribution in [0.5, 0.6) is 0 Å². The lowest BCUT2D eigenvalue weighted by Crippen LogP contribution is -2.36. The molecule has 26 heavy (non-hydrogen) atoms. The van der Waals surface area contributed by atoms with Gasteiger partial charge >= 0.3 is 0 Å². The highest BCUT2D eigenvalue weighted by Crippen LogP contribution is 2.36. The maximum absolute atomic E-state index is 13.4. The number of hydrogen-bond acceptors (Lipinski definition) is 2. The lowest BCUT2D eigenvalue weighted by Gasteiger charge is -2.39. The van der Waals surface area contributed by atoms with Crippen LogP contribution in [0.25, 0.3) is 0 Å². The number of hydrogen-bond donors (Lipinski definition) is 1.